The largest absolute Gasteiger partial charge is 0.494 e. The molecule has 0 radical (unpaired) electrons. The average Bonchev–Trinajstić information content (AvgIpc) is 3.04. The van der Waals surface area contributed by atoms with Crippen LogP contribution in [0.3, 0.4) is 0 Å². The zero-order valence-electron chi connectivity index (χ0n) is 27.1. The van der Waals surface area contributed by atoms with Crippen molar-refractivity contribution in [2.45, 2.75) is 58.9 Å². The van der Waals surface area contributed by atoms with Crippen LogP contribution in [-0.4, -0.2) is 56.7 Å². The molecule has 1 aliphatic heterocycles. The fraction of sp³-hybridized carbons (Fsp3) is 0.513. The van der Waals surface area contributed by atoms with E-state index in [0.717, 1.165) is 85.2 Å². The zero-order valence-corrected chi connectivity index (χ0v) is 27.1. The van der Waals surface area contributed by atoms with Gasteiger partial charge in [0.2, 0.25) is 0 Å². The van der Waals surface area contributed by atoms with Crippen molar-refractivity contribution in [3.8, 4) is 22.6 Å². The second kappa shape index (κ2) is 13.1. The van der Waals surface area contributed by atoms with Crippen LogP contribution in [0, 0.1) is 23.2 Å². The van der Waals surface area contributed by atoms with E-state index < -0.39 is 0 Å². The molecule has 4 bridgehead atoms. The third-order valence-corrected chi connectivity index (χ3v) is 10.8. The average molecular weight is 608 g/mol. The molecule has 5 fully saturated rings. The molecule has 3 aromatic rings. The molecule has 238 valence electrons. The number of nitrogens with one attached hydrogen (secondary N) is 1. The van der Waals surface area contributed by atoms with Gasteiger partial charge in [0.05, 0.1) is 13.2 Å². The van der Waals surface area contributed by atoms with Crippen LogP contribution in [0.15, 0.2) is 66.7 Å². The number of ether oxygens (including phenoxy) is 2. The van der Waals surface area contributed by atoms with Gasteiger partial charge in [-0.25, -0.2) is 0 Å². The van der Waals surface area contributed by atoms with Crippen molar-refractivity contribution < 1.29 is 14.3 Å². The lowest BCUT2D eigenvalue weighted by molar-refractivity contribution is -0.0503. The Morgan fingerprint density at radius 2 is 1.42 bits per heavy atom. The molecule has 1 N–H and O–H groups in total. The number of carbonyl (C=O) groups excluding carboxylic acids is 1. The minimum atomic E-state index is 0.0837. The monoisotopic (exact) mass is 607 g/mol. The summed E-state index contributed by atoms with van der Waals surface area (Å²) < 4.78 is 11.7. The van der Waals surface area contributed by atoms with Crippen LogP contribution in [-0.2, 0) is 6.54 Å². The van der Waals surface area contributed by atoms with E-state index in [9.17, 15) is 4.79 Å². The molecular weight excluding hydrogens is 558 g/mol. The van der Waals surface area contributed by atoms with E-state index in [-0.39, 0.29) is 5.91 Å². The summed E-state index contributed by atoms with van der Waals surface area (Å²) in [6.07, 6.45) is 8.29. The predicted molar refractivity (Wildman–Crippen MR) is 181 cm³/mol. The van der Waals surface area contributed by atoms with Gasteiger partial charge in [0, 0.05) is 50.5 Å². The van der Waals surface area contributed by atoms with Crippen LogP contribution in [0.5, 0.6) is 11.5 Å². The zero-order chi connectivity index (χ0) is 30.8. The molecule has 4 saturated carbocycles. The number of carbonyl (C=O) groups is 1. The fourth-order valence-corrected chi connectivity index (χ4v) is 9.22. The molecular formula is C39H49N3O3. The minimum Gasteiger partial charge on any atom is -0.494 e. The smallest absolute Gasteiger partial charge is 0.251 e. The highest BCUT2D eigenvalue weighted by Crippen LogP contribution is 2.59. The first-order valence-corrected chi connectivity index (χ1v) is 17.3. The van der Waals surface area contributed by atoms with Gasteiger partial charge in [-0.1, -0.05) is 12.1 Å². The molecule has 0 aromatic heterocycles. The normalized spacial score (nSPS) is 25.7. The van der Waals surface area contributed by atoms with Crippen molar-refractivity contribution in [1.29, 1.82) is 0 Å². The molecule has 0 atom stereocenters. The highest BCUT2D eigenvalue weighted by Gasteiger charge is 2.50. The van der Waals surface area contributed by atoms with E-state index in [1.807, 2.05) is 32.0 Å². The minimum absolute atomic E-state index is 0.0837. The van der Waals surface area contributed by atoms with Gasteiger partial charge in [-0.15, -0.1) is 0 Å². The first-order valence-electron chi connectivity index (χ1n) is 17.3. The molecule has 3 aromatic carbocycles. The van der Waals surface area contributed by atoms with Crippen LogP contribution in [0.4, 0.5) is 5.69 Å². The Morgan fingerprint density at radius 3 is 2.09 bits per heavy atom. The molecule has 6 nitrogen and oxygen atoms in total. The number of benzene rings is 3. The van der Waals surface area contributed by atoms with Crippen molar-refractivity contribution >= 4 is 11.6 Å². The molecule has 8 rings (SSSR count). The van der Waals surface area contributed by atoms with Crippen LogP contribution in [0.25, 0.3) is 11.1 Å². The van der Waals surface area contributed by atoms with Gasteiger partial charge in [-0.3, -0.25) is 9.69 Å². The molecule has 0 unspecified atom stereocenters. The van der Waals surface area contributed by atoms with E-state index in [1.165, 1.54) is 49.8 Å². The summed E-state index contributed by atoms with van der Waals surface area (Å²) in [5, 5.41) is 3.34. The van der Waals surface area contributed by atoms with E-state index in [4.69, 9.17) is 9.47 Å². The summed E-state index contributed by atoms with van der Waals surface area (Å²) in [7, 11) is 0. The Morgan fingerprint density at radius 1 is 0.778 bits per heavy atom. The Labute approximate surface area is 269 Å². The van der Waals surface area contributed by atoms with Crippen molar-refractivity contribution in [3.63, 3.8) is 0 Å². The first kappa shape index (κ1) is 30.2. The van der Waals surface area contributed by atoms with Gasteiger partial charge < -0.3 is 19.7 Å². The third-order valence-electron chi connectivity index (χ3n) is 10.8. The van der Waals surface area contributed by atoms with Crippen LogP contribution in [0.1, 0.15) is 68.3 Å². The first-order chi connectivity index (χ1) is 22.0. The Bertz CT molecular complexity index is 1440. The number of rotatable bonds is 11. The SMILES string of the molecule is CCOc1cccc(-c2cc(CN3CCN(c4ccc(C(=O)NCC56CC7CC(CC(C7)C5)C6)cc4)CC3)cc(OCC)c2)c1. The lowest BCUT2D eigenvalue weighted by atomic mass is 9.49. The maximum Gasteiger partial charge on any atom is 0.251 e. The van der Waals surface area contributed by atoms with Gasteiger partial charge in [0.1, 0.15) is 11.5 Å². The second-order valence-electron chi connectivity index (χ2n) is 14.2. The molecule has 6 heteroatoms. The highest BCUT2D eigenvalue weighted by atomic mass is 16.5. The Kier molecular flexibility index (Phi) is 8.76. The van der Waals surface area contributed by atoms with Gasteiger partial charge in [-0.05, 0) is 147 Å². The number of piperazine rings is 1. The highest BCUT2D eigenvalue weighted by molar-refractivity contribution is 5.94. The van der Waals surface area contributed by atoms with Gasteiger partial charge in [-0.2, -0.15) is 0 Å². The quantitative estimate of drug-likeness (QED) is 0.246. The summed E-state index contributed by atoms with van der Waals surface area (Å²) >= 11 is 0. The standard InChI is InChI=1S/C39H49N3O3/c1-3-44-36-7-5-6-33(21-36)34-19-31(20-37(22-34)45-4-2)26-41-12-14-42(15-13-41)35-10-8-32(9-11-35)38(43)40-27-39-23-28-16-29(24-39)18-30(17-28)25-39/h5-11,19-22,28-30H,3-4,12-18,23-27H2,1-2H3,(H,40,43). The molecule has 0 spiro atoms. The van der Waals surface area contributed by atoms with Crippen molar-refractivity contribution in [3.05, 3.63) is 77.9 Å². The van der Waals surface area contributed by atoms with E-state index in [2.05, 4.69) is 63.6 Å². The van der Waals surface area contributed by atoms with E-state index >= 15 is 0 Å². The summed E-state index contributed by atoms with van der Waals surface area (Å²) in [6.45, 7) is 11.0. The van der Waals surface area contributed by atoms with Gasteiger partial charge in [0.25, 0.3) is 5.91 Å². The molecule has 45 heavy (non-hydrogen) atoms. The van der Waals surface area contributed by atoms with Gasteiger partial charge >= 0.3 is 0 Å². The topological polar surface area (TPSA) is 54.0 Å². The number of anilines is 1. The second-order valence-corrected chi connectivity index (χ2v) is 14.2. The van der Waals surface area contributed by atoms with Gasteiger partial charge in [0.15, 0.2) is 0 Å². The van der Waals surface area contributed by atoms with Crippen LogP contribution < -0.4 is 19.7 Å². The molecule has 1 heterocycles. The maximum atomic E-state index is 13.1. The molecule has 1 saturated heterocycles. The van der Waals surface area contributed by atoms with Crippen LogP contribution >= 0.6 is 0 Å². The van der Waals surface area contributed by atoms with Crippen molar-refractivity contribution in [2.24, 2.45) is 23.2 Å². The number of amides is 1. The fourth-order valence-electron chi connectivity index (χ4n) is 9.22. The number of nitrogens with zero attached hydrogens (tertiary/aromatic N) is 2. The molecule has 1 amide bonds. The Balaban J connectivity index is 0.935. The van der Waals surface area contributed by atoms with E-state index in [1.54, 1.807) is 0 Å². The lowest BCUT2D eigenvalue weighted by Gasteiger charge is -2.56. The van der Waals surface area contributed by atoms with E-state index in [0.29, 0.717) is 18.6 Å². The maximum absolute atomic E-state index is 13.1. The lowest BCUT2D eigenvalue weighted by Crippen LogP contribution is -2.51. The number of hydrogen-bond donors (Lipinski definition) is 1. The summed E-state index contributed by atoms with van der Waals surface area (Å²) in [5.74, 6) is 4.62. The third kappa shape index (κ3) is 6.86. The summed E-state index contributed by atoms with van der Waals surface area (Å²) in [6, 6.07) is 23.2. The predicted octanol–water partition coefficient (Wildman–Crippen LogP) is 7.42. The van der Waals surface area contributed by atoms with Crippen molar-refractivity contribution in [1.82, 2.24) is 10.2 Å². The summed E-state index contributed by atoms with van der Waals surface area (Å²) in [4.78, 5) is 18.1. The molecule has 5 aliphatic rings. The number of hydrogen-bond acceptors (Lipinski definition) is 5. The van der Waals surface area contributed by atoms with Crippen molar-refractivity contribution in [2.75, 3.05) is 50.8 Å². The Hall–Kier alpha value is -3.51. The molecule has 4 aliphatic carbocycles. The summed E-state index contributed by atoms with van der Waals surface area (Å²) in [5.41, 5.74) is 5.89. The van der Waals surface area contributed by atoms with Crippen LogP contribution in [0.2, 0.25) is 0 Å².